The fraction of sp³-hybridized carbons (Fsp3) is 0.250. The van der Waals surface area contributed by atoms with Gasteiger partial charge in [-0.15, -0.1) is 0 Å². The van der Waals surface area contributed by atoms with Crippen molar-refractivity contribution in [1.82, 2.24) is 0 Å². The SMILES string of the molecule is CCOC(=O)C(Cc1ccc(OCCOC2c3ccc(Cc4ccccc4)cc3C=Cc3ccc(C(C)c4ccccc4)cc32)cc1)OC. The van der Waals surface area contributed by atoms with Crippen LogP contribution in [0.1, 0.15) is 75.9 Å². The minimum atomic E-state index is -0.634. The topological polar surface area (TPSA) is 54.0 Å². The highest BCUT2D eigenvalue weighted by Gasteiger charge is 2.24. The van der Waals surface area contributed by atoms with Gasteiger partial charge < -0.3 is 18.9 Å². The third-order valence-corrected chi connectivity index (χ3v) is 9.14. The highest BCUT2D eigenvalue weighted by atomic mass is 16.6. The molecule has 0 saturated carbocycles. The number of benzene rings is 5. The van der Waals surface area contributed by atoms with Crippen molar-refractivity contribution in [3.63, 3.8) is 0 Å². The number of rotatable bonds is 14. The smallest absolute Gasteiger partial charge is 0.335 e. The maximum atomic E-state index is 12.1. The standard InChI is InChI=1S/C44H44O5/c1-4-47-44(45)42(46-3)29-33-15-22-39(23-16-33)48-25-26-49-43-40-24-17-34(27-32-11-7-5-8-12-32)28-38(40)21-19-36-18-20-37(30-41(36)43)31(2)35-13-9-6-10-14-35/h5-24,28,30-31,42-43H,4,25-27,29H2,1-3H3. The first-order valence-corrected chi connectivity index (χ1v) is 17.1. The molecule has 0 aromatic heterocycles. The zero-order chi connectivity index (χ0) is 34.0. The van der Waals surface area contributed by atoms with E-state index in [0.29, 0.717) is 26.2 Å². The molecule has 6 rings (SSSR count). The number of esters is 1. The molecule has 0 aliphatic heterocycles. The molecule has 0 heterocycles. The highest BCUT2D eigenvalue weighted by molar-refractivity contribution is 5.77. The molecule has 250 valence electrons. The molecule has 0 N–H and O–H groups in total. The Bertz CT molecular complexity index is 1850. The summed E-state index contributed by atoms with van der Waals surface area (Å²) in [4.78, 5) is 12.1. The molecule has 0 saturated heterocycles. The van der Waals surface area contributed by atoms with Crippen LogP contribution in [0.15, 0.2) is 121 Å². The molecular formula is C44H44O5. The van der Waals surface area contributed by atoms with E-state index in [0.717, 1.165) is 34.4 Å². The molecule has 3 unspecified atom stereocenters. The molecule has 5 nitrogen and oxygen atoms in total. The maximum Gasteiger partial charge on any atom is 0.335 e. The Morgan fingerprint density at radius 2 is 1.41 bits per heavy atom. The summed E-state index contributed by atoms with van der Waals surface area (Å²) in [6, 6.07) is 42.5. The molecule has 0 fully saturated rings. The molecule has 5 heteroatoms. The van der Waals surface area contributed by atoms with E-state index in [1.165, 1.54) is 34.9 Å². The van der Waals surface area contributed by atoms with E-state index in [4.69, 9.17) is 18.9 Å². The van der Waals surface area contributed by atoms with Crippen molar-refractivity contribution in [3.05, 3.63) is 171 Å². The summed E-state index contributed by atoms with van der Waals surface area (Å²) in [7, 11) is 1.52. The van der Waals surface area contributed by atoms with Gasteiger partial charge in [0.25, 0.3) is 0 Å². The second kappa shape index (κ2) is 16.4. The summed E-state index contributed by atoms with van der Waals surface area (Å²) in [6.07, 6.45) is 4.86. The van der Waals surface area contributed by atoms with Crippen LogP contribution in [0.4, 0.5) is 0 Å². The first-order valence-electron chi connectivity index (χ1n) is 17.1. The van der Waals surface area contributed by atoms with Crippen molar-refractivity contribution in [2.45, 2.75) is 44.8 Å². The predicted molar refractivity (Wildman–Crippen MR) is 196 cm³/mol. The minimum absolute atomic E-state index is 0.245. The van der Waals surface area contributed by atoms with E-state index in [9.17, 15) is 4.79 Å². The fourth-order valence-corrected chi connectivity index (χ4v) is 6.41. The number of ether oxygens (including phenoxy) is 4. The van der Waals surface area contributed by atoms with Gasteiger partial charge >= 0.3 is 5.97 Å². The van der Waals surface area contributed by atoms with Gasteiger partial charge in [0.05, 0.1) is 13.2 Å². The monoisotopic (exact) mass is 652 g/mol. The molecule has 5 aromatic carbocycles. The summed E-state index contributed by atoms with van der Waals surface area (Å²) in [5, 5.41) is 0. The largest absolute Gasteiger partial charge is 0.491 e. The minimum Gasteiger partial charge on any atom is -0.491 e. The molecule has 0 radical (unpaired) electrons. The lowest BCUT2D eigenvalue weighted by molar-refractivity contribution is -0.154. The molecule has 1 aliphatic carbocycles. The van der Waals surface area contributed by atoms with Crippen LogP contribution in [-0.4, -0.2) is 39.0 Å². The summed E-state index contributed by atoms with van der Waals surface area (Å²) in [5.41, 5.74) is 10.7. The van der Waals surface area contributed by atoms with Gasteiger partial charge in [0.2, 0.25) is 0 Å². The zero-order valence-corrected chi connectivity index (χ0v) is 28.5. The second-order valence-corrected chi connectivity index (χ2v) is 12.4. The van der Waals surface area contributed by atoms with Crippen molar-refractivity contribution in [3.8, 4) is 5.75 Å². The number of methoxy groups -OCH3 is 1. The van der Waals surface area contributed by atoms with Gasteiger partial charge in [0.15, 0.2) is 6.10 Å². The molecular weight excluding hydrogens is 608 g/mol. The van der Waals surface area contributed by atoms with Crippen LogP contribution in [0, 0.1) is 0 Å². The molecule has 3 atom stereocenters. The lowest BCUT2D eigenvalue weighted by Gasteiger charge is -2.23. The fourth-order valence-electron chi connectivity index (χ4n) is 6.41. The van der Waals surface area contributed by atoms with Crippen LogP contribution in [0.3, 0.4) is 0 Å². The number of hydrogen-bond donors (Lipinski definition) is 0. The Hall–Kier alpha value is -4.97. The van der Waals surface area contributed by atoms with Crippen LogP contribution in [-0.2, 0) is 31.8 Å². The van der Waals surface area contributed by atoms with E-state index >= 15 is 0 Å². The normalized spacial score (nSPS) is 14.6. The van der Waals surface area contributed by atoms with Gasteiger partial charge in [-0.2, -0.15) is 0 Å². The van der Waals surface area contributed by atoms with E-state index in [1.807, 2.05) is 24.3 Å². The van der Waals surface area contributed by atoms with Crippen molar-refractivity contribution in [2.75, 3.05) is 26.9 Å². The van der Waals surface area contributed by atoms with Gasteiger partial charge in [-0.05, 0) is 75.5 Å². The Kier molecular flexibility index (Phi) is 11.4. The van der Waals surface area contributed by atoms with Gasteiger partial charge in [-0.1, -0.05) is 128 Å². The quantitative estimate of drug-likeness (QED) is 0.0885. The summed E-state index contributed by atoms with van der Waals surface area (Å²) >= 11 is 0. The lowest BCUT2D eigenvalue weighted by atomic mass is 9.88. The van der Waals surface area contributed by atoms with E-state index in [1.54, 1.807) is 6.92 Å². The third-order valence-electron chi connectivity index (χ3n) is 9.14. The number of hydrogen-bond acceptors (Lipinski definition) is 5. The van der Waals surface area contributed by atoms with Crippen molar-refractivity contribution in [1.29, 1.82) is 0 Å². The van der Waals surface area contributed by atoms with Crippen molar-refractivity contribution in [2.24, 2.45) is 0 Å². The van der Waals surface area contributed by atoms with Crippen LogP contribution >= 0.6 is 0 Å². The summed E-state index contributed by atoms with van der Waals surface area (Å²) in [6.45, 7) is 5.17. The van der Waals surface area contributed by atoms with Crippen LogP contribution in [0.5, 0.6) is 5.75 Å². The maximum absolute atomic E-state index is 12.1. The number of fused-ring (bicyclic) bond motifs is 2. The highest BCUT2D eigenvalue weighted by Crippen LogP contribution is 2.38. The van der Waals surface area contributed by atoms with Crippen LogP contribution in [0.2, 0.25) is 0 Å². The van der Waals surface area contributed by atoms with E-state index < -0.39 is 6.10 Å². The van der Waals surface area contributed by atoms with Gasteiger partial charge in [-0.3, -0.25) is 0 Å². The first-order chi connectivity index (χ1) is 24.0. The van der Waals surface area contributed by atoms with E-state index in [2.05, 4.69) is 116 Å². The molecule has 5 aromatic rings. The number of carbonyl (C=O) groups is 1. The lowest BCUT2D eigenvalue weighted by Crippen LogP contribution is -2.27. The zero-order valence-electron chi connectivity index (χ0n) is 28.5. The molecule has 49 heavy (non-hydrogen) atoms. The second-order valence-electron chi connectivity index (χ2n) is 12.4. The van der Waals surface area contributed by atoms with Gasteiger partial charge in [0.1, 0.15) is 18.5 Å². The van der Waals surface area contributed by atoms with Crippen molar-refractivity contribution >= 4 is 18.1 Å². The van der Waals surface area contributed by atoms with Crippen molar-refractivity contribution < 1.29 is 23.7 Å². The van der Waals surface area contributed by atoms with Crippen LogP contribution in [0.25, 0.3) is 12.2 Å². The third kappa shape index (κ3) is 8.55. The Balaban J connectivity index is 1.20. The Morgan fingerprint density at radius 1 is 0.694 bits per heavy atom. The van der Waals surface area contributed by atoms with Crippen LogP contribution < -0.4 is 4.74 Å². The summed E-state index contributed by atoms with van der Waals surface area (Å²) in [5.74, 6) is 0.633. The molecule has 0 amide bonds. The van der Waals surface area contributed by atoms with Gasteiger partial charge in [0, 0.05) is 19.4 Å². The Morgan fingerprint density at radius 3 is 2.14 bits per heavy atom. The predicted octanol–water partition coefficient (Wildman–Crippen LogP) is 9.22. The first kappa shape index (κ1) is 33.9. The average Bonchev–Trinajstić information content (AvgIpc) is 3.29. The molecule has 0 bridgehead atoms. The Labute approximate surface area is 290 Å². The molecule has 1 aliphatic rings. The summed E-state index contributed by atoms with van der Waals surface area (Å²) < 4.78 is 23.3. The number of carbonyl (C=O) groups excluding carboxylic acids is 1. The van der Waals surface area contributed by atoms with Gasteiger partial charge in [-0.25, -0.2) is 4.79 Å². The molecule has 0 spiro atoms. The van der Waals surface area contributed by atoms with E-state index in [-0.39, 0.29) is 18.0 Å². The average molecular weight is 653 g/mol.